The highest BCUT2D eigenvalue weighted by molar-refractivity contribution is 7.87. The van der Waals surface area contributed by atoms with Crippen LogP contribution in [0.15, 0.2) is 54.6 Å². The second-order valence-electron chi connectivity index (χ2n) is 5.68. The van der Waals surface area contributed by atoms with Crippen LogP contribution in [0.2, 0.25) is 0 Å². The maximum Gasteiger partial charge on any atom is 0.282 e. The molecule has 0 bridgehead atoms. The van der Waals surface area contributed by atoms with Gasteiger partial charge in [0, 0.05) is 30.9 Å². The van der Waals surface area contributed by atoms with Crippen LogP contribution in [-0.2, 0) is 21.5 Å². The van der Waals surface area contributed by atoms with E-state index in [4.69, 9.17) is 0 Å². The van der Waals surface area contributed by atoms with Crippen molar-refractivity contribution in [2.45, 2.75) is 6.54 Å². The third kappa shape index (κ3) is 4.04. The van der Waals surface area contributed by atoms with Gasteiger partial charge in [0.15, 0.2) is 0 Å². The minimum absolute atomic E-state index is 0.0498. The number of amides is 1. The van der Waals surface area contributed by atoms with Gasteiger partial charge in [-0.3, -0.25) is 4.79 Å². The quantitative estimate of drug-likeness (QED) is 0.881. The van der Waals surface area contributed by atoms with E-state index in [9.17, 15) is 17.6 Å². The first-order chi connectivity index (χ1) is 12.0. The molecule has 0 spiro atoms. The van der Waals surface area contributed by atoms with Crippen LogP contribution in [0.3, 0.4) is 0 Å². The number of anilines is 1. The molecule has 0 unspecified atom stereocenters. The maximum absolute atomic E-state index is 13.7. The Morgan fingerprint density at radius 3 is 2.36 bits per heavy atom. The zero-order chi connectivity index (χ0) is 17.9. The van der Waals surface area contributed by atoms with E-state index in [1.165, 1.54) is 10.4 Å². The number of nitrogens with one attached hydrogen (secondary N) is 1. The molecule has 8 heteroatoms. The van der Waals surface area contributed by atoms with E-state index in [2.05, 4.69) is 5.32 Å². The van der Waals surface area contributed by atoms with Gasteiger partial charge in [0.05, 0.1) is 6.54 Å². The van der Waals surface area contributed by atoms with E-state index in [1.807, 2.05) is 6.07 Å². The minimum Gasteiger partial charge on any atom is -0.325 e. The SMILES string of the molecule is O=C(CN1CCN(Cc2ccccc2F)S1(=O)=O)Nc1ccccc1. The number of hydrogen-bond acceptors (Lipinski definition) is 3. The molecule has 2 aromatic rings. The van der Waals surface area contributed by atoms with Crippen LogP contribution < -0.4 is 5.32 Å². The highest BCUT2D eigenvalue weighted by Gasteiger charge is 2.37. The molecule has 132 valence electrons. The van der Waals surface area contributed by atoms with E-state index < -0.39 is 21.9 Å². The molecule has 3 rings (SSSR count). The molecule has 1 heterocycles. The van der Waals surface area contributed by atoms with Crippen molar-refractivity contribution in [2.75, 3.05) is 25.0 Å². The summed E-state index contributed by atoms with van der Waals surface area (Å²) in [6.45, 7) is 0.0884. The Morgan fingerprint density at radius 2 is 1.64 bits per heavy atom. The fourth-order valence-electron chi connectivity index (χ4n) is 2.64. The fourth-order valence-corrected chi connectivity index (χ4v) is 4.17. The van der Waals surface area contributed by atoms with Crippen molar-refractivity contribution in [2.24, 2.45) is 0 Å². The van der Waals surface area contributed by atoms with Crippen LogP contribution in [0.25, 0.3) is 0 Å². The molecule has 0 aliphatic carbocycles. The second kappa shape index (κ2) is 7.30. The van der Waals surface area contributed by atoms with Gasteiger partial charge in [-0.25, -0.2) is 4.39 Å². The molecule has 1 N–H and O–H groups in total. The van der Waals surface area contributed by atoms with E-state index in [0.29, 0.717) is 11.3 Å². The van der Waals surface area contributed by atoms with Crippen LogP contribution in [0.5, 0.6) is 0 Å². The lowest BCUT2D eigenvalue weighted by Gasteiger charge is -2.18. The van der Waals surface area contributed by atoms with Crippen LogP contribution in [-0.4, -0.2) is 42.6 Å². The molecule has 0 atom stereocenters. The van der Waals surface area contributed by atoms with E-state index in [1.54, 1.807) is 42.5 Å². The predicted octanol–water partition coefficient (Wildman–Crippen LogP) is 1.83. The number of hydrogen-bond donors (Lipinski definition) is 1. The van der Waals surface area contributed by atoms with Crippen molar-refractivity contribution in [3.63, 3.8) is 0 Å². The number of carbonyl (C=O) groups is 1. The summed E-state index contributed by atoms with van der Waals surface area (Å²) >= 11 is 0. The molecule has 1 saturated heterocycles. The summed E-state index contributed by atoms with van der Waals surface area (Å²) in [6.07, 6.45) is 0. The minimum atomic E-state index is -3.79. The molecule has 0 saturated carbocycles. The molecule has 0 radical (unpaired) electrons. The van der Waals surface area contributed by atoms with Crippen molar-refractivity contribution >= 4 is 21.8 Å². The smallest absolute Gasteiger partial charge is 0.282 e. The number of rotatable bonds is 5. The van der Waals surface area contributed by atoms with E-state index in [-0.39, 0.29) is 26.2 Å². The topological polar surface area (TPSA) is 69.7 Å². The van der Waals surface area contributed by atoms with Crippen molar-refractivity contribution in [1.29, 1.82) is 0 Å². The van der Waals surface area contributed by atoms with Crippen molar-refractivity contribution in [1.82, 2.24) is 8.61 Å². The number of nitrogens with zero attached hydrogens (tertiary/aromatic N) is 2. The molecule has 1 amide bonds. The average Bonchev–Trinajstić information content (AvgIpc) is 2.85. The Morgan fingerprint density at radius 1 is 1.00 bits per heavy atom. The molecule has 25 heavy (non-hydrogen) atoms. The summed E-state index contributed by atoms with van der Waals surface area (Å²) in [4.78, 5) is 12.1. The van der Waals surface area contributed by atoms with Gasteiger partial charge in [0.25, 0.3) is 10.2 Å². The van der Waals surface area contributed by atoms with Gasteiger partial charge < -0.3 is 5.32 Å². The van der Waals surface area contributed by atoms with Gasteiger partial charge >= 0.3 is 0 Å². The van der Waals surface area contributed by atoms with Crippen molar-refractivity contribution in [3.8, 4) is 0 Å². The van der Waals surface area contributed by atoms with Crippen LogP contribution in [0, 0.1) is 5.82 Å². The summed E-state index contributed by atoms with van der Waals surface area (Å²) < 4.78 is 41.1. The largest absolute Gasteiger partial charge is 0.325 e. The standard InChI is InChI=1S/C17H18FN3O3S/c18-16-9-5-4-6-14(16)12-20-10-11-21(25(20,23)24)13-17(22)19-15-7-2-1-3-8-15/h1-9H,10-13H2,(H,19,22). The zero-order valence-corrected chi connectivity index (χ0v) is 14.2. The lowest BCUT2D eigenvalue weighted by Crippen LogP contribution is -2.37. The third-order valence-electron chi connectivity index (χ3n) is 3.93. The van der Waals surface area contributed by atoms with Gasteiger partial charge in [-0.1, -0.05) is 36.4 Å². The fraction of sp³-hybridized carbons (Fsp3) is 0.235. The number of carbonyl (C=O) groups excluding carboxylic acids is 1. The molecule has 1 aliphatic heterocycles. The van der Waals surface area contributed by atoms with Gasteiger partial charge in [-0.15, -0.1) is 0 Å². The van der Waals surface area contributed by atoms with Crippen LogP contribution >= 0.6 is 0 Å². The Hall–Kier alpha value is -2.29. The Kier molecular flexibility index (Phi) is 5.12. The molecular formula is C17H18FN3O3S. The van der Waals surface area contributed by atoms with Crippen molar-refractivity contribution in [3.05, 3.63) is 66.0 Å². The maximum atomic E-state index is 13.7. The Labute approximate surface area is 146 Å². The molecule has 0 aromatic heterocycles. The number of para-hydroxylation sites is 1. The monoisotopic (exact) mass is 363 g/mol. The van der Waals surface area contributed by atoms with E-state index >= 15 is 0 Å². The van der Waals surface area contributed by atoms with Crippen molar-refractivity contribution < 1.29 is 17.6 Å². The first kappa shape index (κ1) is 17.5. The summed E-state index contributed by atoms with van der Waals surface area (Å²) in [5.41, 5.74) is 0.911. The Bertz CT molecular complexity index is 858. The van der Waals surface area contributed by atoms with Gasteiger partial charge in [-0.05, 0) is 18.2 Å². The van der Waals surface area contributed by atoms with Gasteiger partial charge in [0.2, 0.25) is 5.91 Å². The van der Waals surface area contributed by atoms with Gasteiger partial charge in [-0.2, -0.15) is 17.0 Å². The molecule has 1 fully saturated rings. The predicted molar refractivity (Wildman–Crippen MR) is 92.4 cm³/mol. The highest BCUT2D eigenvalue weighted by Crippen LogP contribution is 2.20. The number of benzene rings is 2. The average molecular weight is 363 g/mol. The van der Waals surface area contributed by atoms with Gasteiger partial charge in [0.1, 0.15) is 5.82 Å². The summed E-state index contributed by atoms with van der Waals surface area (Å²) in [5.74, 6) is -0.861. The van der Waals surface area contributed by atoms with E-state index in [0.717, 1.165) is 4.31 Å². The third-order valence-corrected chi connectivity index (χ3v) is 5.86. The molecular weight excluding hydrogens is 345 g/mol. The summed E-state index contributed by atoms with van der Waals surface area (Å²) in [7, 11) is -3.79. The molecule has 1 aliphatic rings. The highest BCUT2D eigenvalue weighted by atomic mass is 32.2. The zero-order valence-electron chi connectivity index (χ0n) is 13.4. The first-order valence-corrected chi connectivity index (χ1v) is 9.20. The van der Waals surface area contributed by atoms with Crippen LogP contribution in [0.1, 0.15) is 5.56 Å². The first-order valence-electron chi connectivity index (χ1n) is 7.80. The molecule has 2 aromatic carbocycles. The summed E-state index contributed by atoms with van der Waals surface area (Å²) in [6, 6.07) is 14.9. The lowest BCUT2D eigenvalue weighted by atomic mass is 10.2. The Balaban J connectivity index is 1.64. The lowest BCUT2D eigenvalue weighted by molar-refractivity contribution is -0.116. The van der Waals surface area contributed by atoms with Crippen LogP contribution in [0.4, 0.5) is 10.1 Å². The summed E-state index contributed by atoms with van der Waals surface area (Å²) in [5, 5.41) is 2.66. The second-order valence-corrected chi connectivity index (χ2v) is 7.61. The number of halogens is 1. The normalized spacial score (nSPS) is 17.5. The molecule has 6 nitrogen and oxygen atoms in total.